The van der Waals surface area contributed by atoms with Crippen molar-refractivity contribution in [1.82, 2.24) is 3.69 Å². The molecule has 0 fully saturated rings. The molecule has 1 N–H and O–H groups in total. The second kappa shape index (κ2) is 3.89. The second-order valence-corrected chi connectivity index (χ2v) is 1.68. The summed E-state index contributed by atoms with van der Waals surface area (Å²) in [6.45, 7) is 4.21. The third-order valence-electron chi connectivity index (χ3n) is 0.280. The molecule has 0 heterocycles. The van der Waals surface area contributed by atoms with Crippen LogP contribution in [0.4, 0.5) is 0 Å². The highest BCUT2D eigenvalue weighted by molar-refractivity contribution is 14.1. The lowest BCUT2D eigenvalue weighted by atomic mass is 9.76. The zero-order chi connectivity index (χ0) is 4.99. The average Bonchev–Trinajstić information content (AvgIpc) is 1.35. The summed E-state index contributed by atoms with van der Waals surface area (Å²) in [4.78, 5) is 0. The van der Waals surface area contributed by atoms with Gasteiger partial charge in [0.1, 0.15) is 0 Å². The Labute approximate surface area is 52.2 Å². The molecule has 0 amide bonds. The number of nitrogens with one attached hydrogen (secondary N) is 1. The Kier molecular flexibility index (Phi) is 4.35. The summed E-state index contributed by atoms with van der Waals surface area (Å²) < 4.78 is 7.32. The Morgan fingerprint density at radius 2 is 2.17 bits per heavy atom. The van der Waals surface area contributed by atoms with Crippen LogP contribution in [-0.4, -0.2) is 6.92 Å². The molecule has 0 aromatic rings. The van der Waals surface area contributed by atoms with E-state index in [4.69, 9.17) is 4.76 Å². The van der Waals surface area contributed by atoms with Crippen molar-refractivity contribution < 1.29 is 4.76 Å². The highest BCUT2D eigenvalue weighted by Gasteiger charge is 1.93. The molecule has 0 saturated heterocycles. The Hall–Kier alpha value is 0.715. The molecule has 0 radical (unpaired) electrons. The molecule has 0 aliphatic rings. The molecule has 0 aliphatic heterocycles. The molecule has 0 atom stereocenters. The lowest BCUT2D eigenvalue weighted by molar-refractivity contribution is 0.310. The van der Waals surface area contributed by atoms with Crippen LogP contribution >= 0.6 is 22.9 Å². The van der Waals surface area contributed by atoms with Gasteiger partial charge in [-0.2, -0.15) is 3.69 Å². The quantitative estimate of drug-likeness (QED) is 0.311. The molecule has 0 spiro atoms. The summed E-state index contributed by atoms with van der Waals surface area (Å²) in [5, 5.41) is 0. The number of halogens is 1. The van der Waals surface area contributed by atoms with Gasteiger partial charge in [0.2, 0.25) is 0 Å². The van der Waals surface area contributed by atoms with E-state index in [1.54, 1.807) is 0 Å². The summed E-state index contributed by atoms with van der Waals surface area (Å²) in [7, 11) is 0. The van der Waals surface area contributed by atoms with Crippen molar-refractivity contribution in [1.29, 1.82) is 0 Å². The van der Waals surface area contributed by atoms with Crippen molar-refractivity contribution in [2.45, 2.75) is 13.6 Å². The van der Waals surface area contributed by atoms with Crippen molar-refractivity contribution in [3.8, 4) is 0 Å². The van der Waals surface area contributed by atoms with Gasteiger partial charge in [-0.15, -0.1) is 0 Å². The first-order valence-corrected chi connectivity index (χ1v) is 2.86. The fourth-order valence-electron chi connectivity index (χ4n) is 0.0891. The molecule has 0 aliphatic carbocycles. The van der Waals surface area contributed by atoms with Crippen LogP contribution in [-0.2, 0) is 4.76 Å². The predicted molar refractivity (Wildman–Crippen MR) is 35.7 cm³/mol. The lowest BCUT2D eigenvalue weighted by Crippen LogP contribution is -2.12. The first kappa shape index (κ1) is 6.71. The van der Waals surface area contributed by atoms with Crippen LogP contribution in [0.5, 0.6) is 0 Å². The van der Waals surface area contributed by atoms with E-state index in [-0.39, 0.29) is 6.92 Å². The number of hydrogen-bond acceptors (Lipinski definition) is 2. The van der Waals surface area contributed by atoms with Crippen molar-refractivity contribution >= 4 is 29.8 Å². The van der Waals surface area contributed by atoms with Crippen LogP contribution in [0, 0.1) is 0 Å². The summed E-state index contributed by atoms with van der Waals surface area (Å²) >= 11 is 1.93. The third kappa shape index (κ3) is 4.71. The lowest BCUT2D eigenvalue weighted by Gasteiger charge is -1.95. The molecule has 0 aromatic carbocycles. The minimum atomic E-state index is 0.280. The SMILES string of the molecule is CB(C)ONI. The van der Waals surface area contributed by atoms with Gasteiger partial charge in [0, 0.05) is 22.9 Å². The standard InChI is InChI=1S/C2H7BINO/c1-3(2)6-5-4/h5H,1-2H3. The summed E-state index contributed by atoms with van der Waals surface area (Å²) in [6.07, 6.45) is 0. The second-order valence-electron chi connectivity index (χ2n) is 1.24. The van der Waals surface area contributed by atoms with Crippen LogP contribution in [0.25, 0.3) is 0 Å². The van der Waals surface area contributed by atoms with Gasteiger partial charge < -0.3 is 4.76 Å². The molecular weight excluding hydrogens is 192 g/mol. The first-order chi connectivity index (χ1) is 2.77. The van der Waals surface area contributed by atoms with Crippen LogP contribution in [0.1, 0.15) is 0 Å². The summed E-state index contributed by atoms with van der Waals surface area (Å²) in [5.41, 5.74) is 0. The van der Waals surface area contributed by atoms with Crippen molar-refractivity contribution in [2.24, 2.45) is 0 Å². The third-order valence-corrected chi connectivity index (χ3v) is 0.535. The van der Waals surface area contributed by atoms with Crippen LogP contribution in [0.3, 0.4) is 0 Å². The van der Waals surface area contributed by atoms with Gasteiger partial charge in [-0.25, -0.2) is 0 Å². The fourth-order valence-corrected chi connectivity index (χ4v) is 0.598. The summed E-state index contributed by atoms with van der Waals surface area (Å²) in [6, 6.07) is 0. The molecule has 4 heteroatoms. The van der Waals surface area contributed by atoms with E-state index < -0.39 is 0 Å². The van der Waals surface area contributed by atoms with Crippen molar-refractivity contribution in [2.75, 3.05) is 0 Å². The zero-order valence-corrected chi connectivity index (χ0v) is 6.02. The molecular formula is C2H7BINO. The Morgan fingerprint density at radius 1 is 1.67 bits per heavy atom. The molecule has 0 bridgehead atoms. The van der Waals surface area contributed by atoms with Gasteiger partial charge in [-0.05, 0) is 0 Å². The van der Waals surface area contributed by atoms with E-state index in [1.165, 1.54) is 0 Å². The van der Waals surface area contributed by atoms with Gasteiger partial charge in [-0.3, -0.25) is 0 Å². The maximum absolute atomic E-state index is 4.78. The maximum Gasteiger partial charge on any atom is 0.316 e. The molecule has 0 unspecified atom stereocenters. The van der Waals surface area contributed by atoms with E-state index in [0.717, 1.165) is 0 Å². The smallest absolute Gasteiger partial charge is 0.316 e. The monoisotopic (exact) mass is 199 g/mol. The largest absolute Gasteiger partial charge is 0.355 e. The van der Waals surface area contributed by atoms with Crippen LogP contribution < -0.4 is 3.69 Å². The molecule has 2 nitrogen and oxygen atoms in total. The maximum atomic E-state index is 4.78. The minimum Gasteiger partial charge on any atom is -0.355 e. The molecule has 0 saturated carbocycles. The summed E-state index contributed by atoms with van der Waals surface area (Å²) in [5.74, 6) is 0. The Balaban J connectivity index is 2.63. The molecule has 6 heavy (non-hydrogen) atoms. The Morgan fingerprint density at radius 3 is 2.17 bits per heavy atom. The van der Waals surface area contributed by atoms with Gasteiger partial charge in [0.15, 0.2) is 0 Å². The van der Waals surface area contributed by atoms with E-state index in [0.29, 0.717) is 0 Å². The van der Waals surface area contributed by atoms with Crippen LogP contribution in [0.2, 0.25) is 13.6 Å². The highest BCUT2D eigenvalue weighted by Crippen LogP contribution is 1.79. The van der Waals surface area contributed by atoms with Gasteiger partial charge in [0.05, 0.1) is 0 Å². The van der Waals surface area contributed by atoms with E-state index in [1.807, 2.05) is 36.5 Å². The number of rotatable bonds is 2. The zero-order valence-electron chi connectivity index (χ0n) is 3.86. The molecule has 36 valence electrons. The van der Waals surface area contributed by atoms with Crippen molar-refractivity contribution in [3.05, 3.63) is 0 Å². The fraction of sp³-hybridized carbons (Fsp3) is 1.00. The predicted octanol–water partition coefficient (Wildman–Crippen LogP) is 1.11. The van der Waals surface area contributed by atoms with E-state index >= 15 is 0 Å². The Bertz CT molecular complexity index is 34.7. The topological polar surface area (TPSA) is 21.3 Å². The first-order valence-electron chi connectivity index (χ1n) is 1.78. The van der Waals surface area contributed by atoms with E-state index in [2.05, 4.69) is 3.69 Å². The van der Waals surface area contributed by atoms with E-state index in [9.17, 15) is 0 Å². The average molecular weight is 199 g/mol. The highest BCUT2D eigenvalue weighted by atomic mass is 127. The number of hydrogen-bond donors (Lipinski definition) is 1. The van der Waals surface area contributed by atoms with Gasteiger partial charge in [-0.1, -0.05) is 13.6 Å². The van der Waals surface area contributed by atoms with Gasteiger partial charge >= 0.3 is 6.92 Å². The van der Waals surface area contributed by atoms with Crippen molar-refractivity contribution in [3.63, 3.8) is 0 Å². The normalized spacial score (nSPS) is 8.50. The molecule has 0 aromatic heterocycles. The minimum absolute atomic E-state index is 0.280. The molecule has 0 rings (SSSR count). The van der Waals surface area contributed by atoms with Gasteiger partial charge in [0.25, 0.3) is 0 Å². The van der Waals surface area contributed by atoms with Crippen LogP contribution in [0.15, 0.2) is 0 Å².